The van der Waals surface area contributed by atoms with Crippen LogP contribution in [0.3, 0.4) is 0 Å². The van der Waals surface area contributed by atoms with E-state index < -0.39 is 0 Å². The van der Waals surface area contributed by atoms with Crippen molar-refractivity contribution in [3.05, 3.63) is 41.4 Å². The first-order valence-electron chi connectivity index (χ1n) is 9.83. The predicted octanol–water partition coefficient (Wildman–Crippen LogP) is 3.00. The molecule has 1 amide bonds. The number of nitrogens with zero attached hydrogens (tertiary/aromatic N) is 6. The fraction of sp³-hybridized carbons (Fsp3) is 0.400. The molecular weight excluding hydrogens is 388 g/mol. The van der Waals surface area contributed by atoms with Crippen molar-refractivity contribution in [3.63, 3.8) is 0 Å². The molecule has 4 rings (SSSR count). The van der Waals surface area contributed by atoms with Gasteiger partial charge in [-0.1, -0.05) is 11.2 Å². The smallest absolute Gasteiger partial charge is 0.276 e. The van der Waals surface area contributed by atoms with Crippen LogP contribution in [0.1, 0.15) is 24.3 Å². The van der Waals surface area contributed by atoms with Gasteiger partial charge in [0.05, 0.1) is 4.88 Å². The molecule has 3 aromatic rings. The van der Waals surface area contributed by atoms with Crippen molar-refractivity contribution in [2.24, 2.45) is 0 Å². The number of carbonyl (C=O) groups excluding carboxylic acids is 1. The quantitative estimate of drug-likeness (QED) is 0.616. The molecule has 0 aromatic carbocycles. The van der Waals surface area contributed by atoms with Crippen LogP contribution in [0.15, 0.2) is 40.2 Å². The molecule has 0 spiro atoms. The van der Waals surface area contributed by atoms with Crippen LogP contribution in [0.5, 0.6) is 0 Å². The van der Waals surface area contributed by atoms with Crippen LogP contribution in [0.25, 0.3) is 10.6 Å². The van der Waals surface area contributed by atoms with Gasteiger partial charge < -0.3 is 19.2 Å². The molecule has 1 aliphatic heterocycles. The van der Waals surface area contributed by atoms with E-state index in [2.05, 4.69) is 39.0 Å². The van der Waals surface area contributed by atoms with Gasteiger partial charge in [0.25, 0.3) is 5.91 Å². The van der Waals surface area contributed by atoms with Gasteiger partial charge in [-0.2, -0.15) is 0 Å². The van der Waals surface area contributed by atoms with E-state index in [0.717, 1.165) is 29.6 Å². The van der Waals surface area contributed by atoms with E-state index in [1.54, 1.807) is 17.4 Å². The van der Waals surface area contributed by atoms with E-state index in [9.17, 15) is 4.79 Å². The Bertz CT molecular complexity index is 928. The molecule has 4 heterocycles. The molecule has 0 aliphatic carbocycles. The van der Waals surface area contributed by atoms with Gasteiger partial charge >= 0.3 is 0 Å². The molecule has 3 aromatic heterocycles. The highest BCUT2D eigenvalue weighted by molar-refractivity contribution is 7.13. The van der Waals surface area contributed by atoms with Crippen LogP contribution in [0.4, 0.5) is 11.6 Å². The monoisotopic (exact) mass is 412 g/mol. The van der Waals surface area contributed by atoms with Gasteiger partial charge in [-0.05, 0) is 37.4 Å². The number of thiophene rings is 1. The lowest BCUT2D eigenvalue weighted by Gasteiger charge is -2.34. The van der Waals surface area contributed by atoms with Crippen molar-refractivity contribution in [1.82, 2.24) is 20.3 Å². The first-order chi connectivity index (χ1) is 14.2. The van der Waals surface area contributed by atoms with E-state index in [0.29, 0.717) is 37.6 Å². The SMILES string of the molecule is CCN(CC)c1ccc(N2CCN(C(=O)c3cc(-c4cccs4)on3)CC2)nn1. The standard InChI is InChI=1S/C20H24N6O2S/c1-3-24(4-2)18-7-8-19(22-21-18)25-9-11-26(12-10-25)20(27)15-14-16(28-23-15)17-6-5-13-29-17/h5-8,13-14H,3-4,9-12H2,1-2H3. The van der Waals surface area contributed by atoms with Gasteiger partial charge in [-0.3, -0.25) is 4.79 Å². The minimum atomic E-state index is -0.0980. The molecule has 0 bridgehead atoms. The van der Waals surface area contributed by atoms with Crippen LogP contribution in [-0.2, 0) is 0 Å². The van der Waals surface area contributed by atoms with Gasteiger partial charge in [0.15, 0.2) is 23.1 Å². The molecule has 0 N–H and O–H groups in total. The summed E-state index contributed by atoms with van der Waals surface area (Å²) in [4.78, 5) is 19.9. The summed E-state index contributed by atoms with van der Waals surface area (Å²) in [6, 6.07) is 9.63. The van der Waals surface area contributed by atoms with E-state index in [4.69, 9.17) is 4.52 Å². The number of anilines is 2. The van der Waals surface area contributed by atoms with Gasteiger partial charge in [0.1, 0.15) is 0 Å². The fourth-order valence-electron chi connectivity index (χ4n) is 3.41. The molecule has 1 fully saturated rings. The Labute approximate surface area is 173 Å². The van der Waals surface area contributed by atoms with Crippen molar-refractivity contribution < 1.29 is 9.32 Å². The Morgan fingerprint density at radius 3 is 2.55 bits per heavy atom. The number of hydrogen-bond acceptors (Lipinski definition) is 8. The Hall–Kier alpha value is -2.94. The summed E-state index contributed by atoms with van der Waals surface area (Å²) in [5, 5.41) is 14.7. The van der Waals surface area contributed by atoms with Gasteiger partial charge in [0, 0.05) is 45.3 Å². The van der Waals surface area contributed by atoms with Crippen molar-refractivity contribution in [1.29, 1.82) is 0 Å². The summed E-state index contributed by atoms with van der Waals surface area (Å²) in [6.45, 7) is 8.66. The van der Waals surface area contributed by atoms with Gasteiger partial charge in [-0.15, -0.1) is 21.5 Å². The number of amides is 1. The van der Waals surface area contributed by atoms with Crippen molar-refractivity contribution in [2.45, 2.75) is 13.8 Å². The molecule has 1 aliphatic rings. The van der Waals surface area contributed by atoms with Crippen LogP contribution in [-0.4, -0.2) is 65.4 Å². The van der Waals surface area contributed by atoms with Crippen molar-refractivity contribution >= 4 is 28.9 Å². The Kier molecular flexibility index (Phi) is 5.75. The minimum absolute atomic E-state index is 0.0980. The normalized spacial score (nSPS) is 14.3. The molecule has 9 heteroatoms. The molecule has 0 radical (unpaired) electrons. The highest BCUT2D eigenvalue weighted by Gasteiger charge is 2.25. The van der Waals surface area contributed by atoms with E-state index in [1.165, 1.54) is 0 Å². The zero-order chi connectivity index (χ0) is 20.2. The van der Waals surface area contributed by atoms with Gasteiger partial charge in [-0.25, -0.2) is 0 Å². The Balaban J connectivity index is 1.36. The molecular formula is C20H24N6O2S. The van der Waals surface area contributed by atoms with Crippen LogP contribution in [0, 0.1) is 0 Å². The summed E-state index contributed by atoms with van der Waals surface area (Å²) >= 11 is 1.56. The van der Waals surface area contributed by atoms with E-state index >= 15 is 0 Å². The first kappa shape index (κ1) is 19.4. The zero-order valence-electron chi connectivity index (χ0n) is 16.6. The van der Waals surface area contributed by atoms with Crippen molar-refractivity contribution in [3.8, 4) is 10.6 Å². The zero-order valence-corrected chi connectivity index (χ0v) is 17.4. The molecule has 8 nitrogen and oxygen atoms in total. The lowest BCUT2D eigenvalue weighted by molar-refractivity contribution is 0.0736. The van der Waals surface area contributed by atoms with Crippen molar-refractivity contribution in [2.75, 3.05) is 49.1 Å². The predicted molar refractivity (Wildman–Crippen MR) is 114 cm³/mol. The third-order valence-electron chi connectivity index (χ3n) is 5.11. The molecule has 0 unspecified atom stereocenters. The first-order valence-corrected chi connectivity index (χ1v) is 10.7. The molecule has 152 valence electrons. The summed E-state index contributed by atoms with van der Waals surface area (Å²) in [7, 11) is 0. The summed E-state index contributed by atoms with van der Waals surface area (Å²) in [5.74, 6) is 2.26. The lowest BCUT2D eigenvalue weighted by atomic mass is 10.2. The third-order valence-corrected chi connectivity index (χ3v) is 5.99. The van der Waals surface area contributed by atoms with Crippen LogP contribution >= 0.6 is 11.3 Å². The largest absolute Gasteiger partial charge is 0.356 e. The molecule has 0 saturated carbocycles. The molecule has 0 atom stereocenters. The van der Waals surface area contributed by atoms with E-state index in [-0.39, 0.29) is 5.91 Å². The number of carbonyl (C=O) groups is 1. The maximum absolute atomic E-state index is 12.8. The summed E-state index contributed by atoms with van der Waals surface area (Å²) in [6.07, 6.45) is 0. The molecule has 1 saturated heterocycles. The Morgan fingerprint density at radius 2 is 1.93 bits per heavy atom. The number of piperazine rings is 1. The third kappa shape index (κ3) is 4.09. The van der Waals surface area contributed by atoms with Gasteiger partial charge in [0.2, 0.25) is 0 Å². The summed E-state index contributed by atoms with van der Waals surface area (Å²) < 4.78 is 5.34. The topological polar surface area (TPSA) is 78.6 Å². The van der Waals surface area contributed by atoms with E-state index in [1.807, 2.05) is 34.5 Å². The maximum atomic E-state index is 12.8. The van der Waals surface area contributed by atoms with Crippen LogP contribution in [0.2, 0.25) is 0 Å². The second kappa shape index (κ2) is 8.60. The maximum Gasteiger partial charge on any atom is 0.276 e. The highest BCUT2D eigenvalue weighted by Crippen LogP contribution is 2.26. The second-order valence-corrected chi connectivity index (χ2v) is 7.70. The average Bonchev–Trinajstić information content (AvgIpc) is 3.47. The lowest BCUT2D eigenvalue weighted by Crippen LogP contribution is -2.49. The molecule has 29 heavy (non-hydrogen) atoms. The minimum Gasteiger partial charge on any atom is -0.356 e. The Morgan fingerprint density at radius 1 is 1.14 bits per heavy atom. The fourth-order valence-corrected chi connectivity index (χ4v) is 4.09. The number of hydrogen-bond donors (Lipinski definition) is 0. The number of rotatable bonds is 6. The highest BCUT2D eigenvalue weighted by atomic mass is 32.1. The second-order valence-electron chi connectivity index (χ2n) is 6.75. The number of aromatic nitrogens is 3. The van der Waals surface area contributed by atoms with Crippen LogP contribution < -0.4 is 9.80 Å². The average molecular weight is 413 g/mol. The summed E-state index contributed by atoms with van der Waals surface area (Å²) in [5.41, 5.74) is 0.352.